The highest BCUT2D eigenvalue weighted by atomic mass is 16.3. The SMILES string of the molecule is Cc1ncoc1C(=O)NC1CCCc2cc(N)ccc21. The molecule has 0 saturated carbocycles. The Morgan fingerprint density at radius 3 is 3.10 bits per heavy atom. The van der Waals surface area contributed by atoms with Crippen LogP contribution in [0.25, 0.3) is 0 Å². The Morgan fingerprint density at radius 2 is 2.35 bits per heavy atom. The Bertz CT molecular complexity index is 648. The quantitative estimate of drug-likeness (QED) is 0.822. The summed E-state index contributed by atoms with van der Waals surface area (Å²) in [6.45, 7) is 1.76. The van der Waals surface area contributed by atoms with Crippen molar-refractivity contribution in [1.29, 1.82) is 0 Å². The van der Waals surface area contributed by atoms with Crippen molar-refractivity contribution in [2.24, 2.45) is 0 Å². The lowest BCUT2D eigenvalue weighted by molar-refractivity contribution is 0.0904. The topological polar surface area (TPSA) is 81.2 Å². The molecule has 20 heavy (non-hydrogen) atoms. The zero-order valence-corrected chi connectivity index (χ0v) is 11.3. The molecule has 0 spiro atoms. The van der Waals surface area contributed by atoms with Crippen molar-refractivity contribution in [2.45, 2.75) is 32.2 Å². The van der Waals surface area contributed by atoms with Crippen molar-refractivity contribution >= 4 is 11.6 Å². The standard InChI is InChI=1S/C15H17N3O2/c1-9-14(20-8-17-9)15(19)18-13-4-2-3-10-7-11(16)5-6-12(10)13/h5-8,13H,2-4,16H2,1H3,(H,18,19). The van der Waals surface area contributed by atoms with Crippen LogP contribution in [0.4, 0.5) is 5.69 Å². The van der Waals surface area contributed by atoms with Gasteiger partial charge in [-0.05, 0) is 49.4 Å². The summed E-state index contributed by atoms with van der Waals surface area (Å²) in [6, 6.07) is 5.88. The van der Waals surface area contributed by atoms with E-state index in [-0.39, 0.29) is 17.7 Å². The minimum atomic E-state index is -0.213. The number of carbonyl (C=O) groups is 1. The number of rotatable bonds is 2. The van der Waals surface area contributed by atoms with Gasteiger partial charge in [-0.25, -0.2) is 4.98 Å². The summed E-state index contributed by atoms with van der Waals surface area (Å²) in [6.07, 6.45) is 4.26. The van der Waals surface area contributed by atoms with Gasteiger partial charge < -0.3 is 15.5 Å². The second-order valence-corrected chi connectivity index (χ2v) is 5.14. The van der Waals surface area contributed by atoms with E-state index in [9.17, 15) is 4.79 Å². The first kappa shape index (κ1) is 12.7. The molecule has 3 rings (SSSR count). The van der Waals surface area contributed by atoms with Crippen molar-refractivity contribution in [3.8, 4) is 0 Å². The van der Waals surface area contributed by atoms with Crippen LogP contribution < -0.4 is 11.1 Å². The average Bonchev–Trinajstić information content (AvgIpc) is 2.85. The molecule has 0 aliphatic heterocycles. The number of nitrogens with two attached hydrogens (primary N) is 1. The third kappa shape index (κ3) is 2.27. The number of benzene rings is 1. The molecule has 0 bridgehead atoms. The molecule has 1 aromatic heterocycles. The molecule has 104 valence electrons. The Hall–Kier alpha value is -2.30. The van der Waals surface area contributed by atoms with Crippen LogP contribution >= 0.6 is 0 Å². The molecule has 0 saturated heterocycles. The summed E-state index contributed by atoms with van der Waals surface area (Å²) in [4.78, 5) is 16.1. The molecular weight excluding hydrogens is 254 g/mol. The van der Waals surface area contributed by atoms with Gasteiger partial charge >= 0.3 is 0 Å². The molecule has 0 fully saturated rings. The number of amides is 1. The Balaban J connectivity index is 1.83. The van der Waals surface area contributed by atoms with E-state index in [0.29, 0.717) is 5.69 Å². The van der Waals surface area contributed by atoms with Crippen molar-refractivity contribution in [1.82, 2.24) is 10.3 Å². The first-order valence-electron chi connectivity index (χ1n) is 6.74. The molecule has 1 unspecified atom stereocenters. The lowest BCUT2D eigenvalue weighted by Crippen LogP contribution is -2.31. The summed E-state index contributed by atoms with van der Waals surface area (Å²) >= 11 is 0. The van der Waals surface area contributed by atoms with Gasteiger partial charge in [-0.1, -0.05) is 6.07 Å². The van der Waals surface area contributed by atoms with E-state index in [1.165, 1.54) is 12.0 Å². The van der Waals surface area contributed by atoms with Crippen LogP contribution in [0.5, 0.6) is 0 Å². The fourth-order valence-electron chi connectivity index (χ4n) is 2.73. The van der Waals surface area contributed by atoms with E-state index < -0.39 is 0 Å². The van der Waals surface area contributed by atoms with Gasteiger partial charge in [0.15, 0.2) is 6.39 Å². The number of fused-ring (bicyclic) bond motifs is 1. The summed E-state index contributed by atoms with van der Waals surface area (Å²) in [5.41, 5.74) is 9.56. The van der Waals surface area contributed by atoms with Crippen LogP contribution in [0.1, 0.15) is 46.3 Å². The molecule has 5 nitrogen and oxygen atoms in total. The number of nitrogens with zero attached hydrogens (tertiary/aromatic N) is 1. The van der Waals surface area contributed by atoms with Gasteiger partial charge in [0.2, 0.25) is 5.76 Å². The van der Waals surface area contributed by atoms with Crippen LogP contribution in [-0.4, -0.2) is 10.9 Å². The van der Waals surface area contributed by atoms with Gasteiger partial charge in [-0.3, -0.25) is 4.79 Å². The predicted molar refractivity (Wildman–Crippen MR) is 75.2 cm³/mol. The van der Waals surface area contributed by atoms with Gasteiger partial charge in [-0.2, -0.15) is 0 Å². The van der Waals surface area contributed by atoms with E-state index in [1.54, 1.807) is 6.92 Å². The Kier molecular flexibility index (Phi) is 3.18. The maximum Gasteiger partial charge on any atom is 0.289 e. The Labute approximate surface area is 117 Å². The van der Waals surface area contributed by atoms with Crippen LogP contribution in [0.15, 0.2) is 29.0 Å². The highest BCUT2D eigenvalue weighted by Gasteiger charge is 2.24. The van der Waals surface area contributed by atoms with Gasteiger partial charge in [0.05, 0.1) is 11.7 Å². The Morgan fingerprint density at radius 1 is 1.50 bits per heavy atom. The molecule has 1 aliphatic rings. The first-order valence-corrected chi connectivity index (χ1v) is 6.74. The van der Waals surface area contributed by atoms with Crippen molar-refractivity contribution in [2.75, 3.05) is 5.73 Å². The van der Waals surface area contributed by atoms with Crippen LogP contribution in [0.2, 0.25) is 0 Å². The zero-order chi connectivity index (χ0) is 14.1. The van der Waals surface area contributed by atoms with Gasteiger partial charge in [0.1, 0.15) is 0 Å². The van der Waals surface area contributed by atoms with Crippen LogP contribution in [-0.2, 0) is 6.42 Å². The van der Waals surface area contributed by atoms with Crippen molar-refractivity contribution in [3.05, 3.63) is 47.2 Å². The second kappa shape index (κ2) is 5.00. The number of nitrogen functional groups attached to an aromatic ring is 1. The fourth-order valence-corrected chi connectivity index (χ4v) is 2.73. The monoisotopic (exact) mass is 271 g/mol. The summed E-state index contributed by atoms with van der Waals surface area (Å²) < 4.78 is 5.13. The third-order valence-corrected chi connectivity index (χ3v) is 3.74. The minimum Gasteiger partial charge on any atom is -0.438 e. The lowest BCUT2D eigenvalue weighted by atomic mass is 9.87. The second-order valence-electron chi connectivity index (χ2n) is 5.14. The maximum absolute atomic E-state index is 12.2. The van der Waals surface area contributed by atoms with Crippen molar-refractivity contribution < 1.29 is 9.21 Å². The van der Waals surface area contributed by atoms with E-state index in [0.717, 1.165) is 30.5 Å². The third-order valence-electron chi connectivity index (χ3n) is 3.74. The predicted octanol–water partition coefficient (Wildman–Crippen LogP) is 2.37. The minimum absolute atomic E-state index is 0.0105. The smallest absolute Gasteiger partial charge is 0.289 e. The molecule has 0 radical (unpaired) electrons. The molecule has 1 aliphatic carbocycles. The van der Waals surface area contributed by atoms with Crippen LogP contribution in [0, 0.1) is 6.92 Å². The largest absolute Gasteiger partial charge is 0.438 e. The molecule has 1 atom stereocenters. The number of oxazole rings is 1. The summed E-state index contributed by atoms with van der Waals surface area (Å²) in [5.74, 6) is 0.0715. The number of anilines is 1. The van der Waals surface area contributed by atoms with E-state index >= 15 is 0 Å². The van der Waals surface area contributed by atoms with E-state index in [4.69, 9.17) is 10.2 Å². The van der Waals surface area contributed by atoms with Crippen molar-refractivity contribution in [3.63, 3.8) is 0 Å². The van der Waals surface area contributed by atoms with E-state index in [2.05, 4.69) is 10.3 Å². The molecule has 1 amide bonds. The van der Waals surface area contributed by atoms with E-state index in [1.807, 2.05) is 18.2 Å². The average molecular weight is 271 g/mol. The van der Waals surface area contributed by atoms with Gasteiger partial charge in [0, 0.05) is 5.69 Å². The normalized spacial score (nSPS) is 17.6. The number of aromatic nitrogens is 1. The van der Waals surface area contributed by atoms with Gasteiger partial charge in [0.25, 0.3) is 5.91 Å². The number of nitrogens with one attached hydrogen (secondary N) is 1. The highest BCUT2D eigenvalue weighted by molar-refractivity contribution is 5.92. The zero-order valence-electron chi connectivity index (χ0n) is 11.3. The highest BCUT2D eigenvalue weighted by Crippen LogP contribution is 2.31. The van der Waals surface area contributed by atoms with Crippen LogP contribution in [0.3, 0.4) is 0 Å². The van der Waals surface area contributed by atoms with Gasteiger partial charge in [-0.15, -0.1) is 0 Å². The summed E-state index contributed by atoms with van der Waals surface area (Å²) in [5, 5.41) is 3.02. The number of hydrogen-bond donors (Lipinski definition) is 2. The first-order chi connectivity index (χ1) is 9.65. The summed E-state index contributed by atoms with van der Waals surface area (Å²) in [7, 11) is 0. The molecule has 3 N–H and O–H groups in total. The molecular formula is C15H17N3O2. The number of carbonyl (C=O) groups excluding carboxylic acids is 1. The molecule has 5 heteroatoms. The fraction of sp³-hybridized carbons (Fsp3) is 0.333. The molecule has 1 heterocycles. The lowest BCUT2D eigenvalue weighted by Gasteiger charge is -2.26. The number of hydrogen-bond acceptors (Lipinski definition) is 4. The molecule has 1 aromatic carbocycles. The maximum atomic E-state index is 12.2. The molecule has 2 aromatic rings. The number of aryl methyl sites for hydroxylation is 2.